The van der Waals surface area contributed by atoms with Crippen LogP contribution in [0.15, 0.2) is 103 Å². The average molecular weight is 1890 g/mol. The van der Waals surface area contributed by atoms with Crippen LogP contribution < -0.4 is 0 Å². The molecule has 0 fully saturated rings. The summed E-state index contributed by atoms with van der Waals surface area (Å²) in [5, 5.41) is 55.1. The van der Waals surface area contributed by atoms with E-state index < -0.39 is 64.3 Å². The van der Waals surface area contributed by atoms with Gasteiger partial charge in [-0.15, -0.1) is 30.7 Å². The van der Waals surface area contributed by atoms with Crippen molar-refractivity contribution >= 4 is 51.7 Å². The van der Waals surface area contributed by atoms with Crippen LogP contribution in [-0.2, 0) is 149 Å². The van der Waals surface area contributed by atoms with Crippen LogP contribution in [0, 0.1) is 10.8 Å². The summed E-state index contributed by atoms with van der Waals surface area (Å²) in [7, 11) is 0. The van der Waals surface area contributed by atoms with Gasteiger partial charge in [0, 0.05) is 123 Å². The predicted octanol–water partition coefficient (Wildman–Crippen LogP) is 16.6. The van der Waals surface area contributed by atoms with E-state index in [-0.39, 0.29) is 175 Å². The van der Waals surface area contributed by atoms with Gasteiger partial charge < -0.3 is 58.3 Å². The van der Waals surface area contributed by atoms with Crippen molar-refractivity contribution in [1.82, 2.24) is 0 Å². The van der Waals surface area contributed by atoms with Crippen LogP contribution in [0.2, 0.25) is 0 Å². The van der Waals surface area contributed by atoms with Crippen LogP contribution in [0.25, 0.3) is 0 Å². The summed E-state index contributed by atoms with van der Waals surface area (Å²) >= 11 is 4.92. The van der Waals surface area contributed by atoms with Crippen LogP contribution >= 0.6 is 15.9 Å². The maximum absolute atomic E-state index is 13.2. The minimum absolute atomic E-state index is 0. The van der Waals surface area contributed by atoms with Crippen molar-refractivity contribution in [3.8, 4) is 0 Å². The molecule has 6 rings (SSSR count). The number of alkyl halides is 10. The van der Waals surface area contributed by atoms with Gasteiger partial charge >= 0.3 is 95.6 Å². The Morgan fingerprint density at radius 1 is 0.342 bits per heavy atom. The molecule has 0 aromatic heterocycles. The van der Waals surface area contributed by atoms with E-state index in [4.69, 9.17) is 61.6 Å². The molecular formula is C77H108Ag2BrF9N6O19. The molecule has 0 amide bonds. The normalized spacial score (nSPS) is 13.9. The summed E-state index contributed by atoms with van der Waals surface area (Å²) < 4.78 is 169. The standard InChI is InChI=1S/C43H56F6N4O9.C25H46O9.C9H6BrF3N2.2Ag.O/c1-2-39(29-60-36(55)13-7-3-4-10-24-54,30-61-37(56)14-8-5-11-25-58-27-32-16-20-34(21-17-32)40(50-51-40)42(44,45)46)31-62-38(57)15-9-6-12-26-59-28-33-18-22-35(23-19-33)41(52-53-41)43(47,48)49;1-2-25(20-33-23(30)14-8-5-11-17-27,21-34-24(31)15-9-6-12-18-28)19-32-22(29)13-7-3-4-10-16-26;10-5-6-1-3-7(4-2-6)8(14-15-8)9(11,12)13;;;/h16-23,54H,2-15,24-31H2,1H3;26-28H,2-21H2,1H3;1-4H,5H2;;;. The topological polar surface area (TPSA) is 348 Å². The number of aliphatic hydroxyl groups excluding tert-OH is 4. The second-order valence-corrected chi connectivity index (χ2v) is 28.1. The fourth-order valence-corrected chi connectivity index (χ4v) is 11.2. The van der Waals surface area contributed by atoms with Crippen LogP contribution in [0.1, 0.15) is 227 Å². The third-order valence-electron chi connectivity index (χ3n) is 18.6. The maximum atomic E-state index is 13.2. The molecule has 3 aromatic rings. The Morgan fingerprint density at radius 2 is 0.544 bits per heavy atom. The number of unbranched alkanes of at least 4 members (excludes halogenated alkanes) is 14. The molecule has 0 spiro atoms. The molecule has 3 heterocycles. The van der Waals surface area contributed by atoms with Crippen molar-refractivity contribution in [2.24, 2.45) is 41.5 Å². The van der Waals surface area contributed by atoms with Crippen molar-refractivity contribution in [2.45, 2.75) is 248 Å². The van der Waals surface area contributed by atoms with Crippen molar-refractivity contribution in [3.05, 3.63) is 106 Å². The first kappa shape index (κ1) is 104. The molecule has 0 unspecified atom stereocenters. The second-order valence-electron chi connectivity index (χ2n) is 27.6. The first-order valence-electron chi connectivity index (χ1n) is 38.0. The molecule has 4 N–H and O–H groups in total. The number of rotatable bonds is 56. The molecule has 652 valence electrons. The molecule has 3 aliphatic rings. The number of carbonyl (C=O) groups is 6. The van der Waals surface area contributed by atoms with E-state index in [9.17, 15) is 68.3 Å². The minimum atomic E-state index is -4.59. The van der Waals surface area contributed by atoms with Crippen molar-refractivity contribution in [3.63, 3.8) is 0 Å². The van der Waals surface area contributed by atoms with E-state index in [1.807, 2.05) is 13.8 Å². The summed E-state index contributed by atoms with van der Waals surface area (Å²) in [6.45, 7) is 4.80. The molecule has 0 saturated heterocycles. The molecule has 0 aliphatic carbocycles. The molecule has 3 aliphatic heterocycles. The fraction of sp³-hybridized carbons (Fsp3) is 0.688. The Morgan fingerprint density at radius 3 is 0.737 bits per heavy atom. The van der Waals surface area contributed by atoms with E-state index in [1.54, 1.807) is 57.4 Å². The number of nitrogens with zero attached hydrogens (tertiary/aromatic N) is 6. The Labute approximate surface area is 695 Å². The first-order chi connectivity index (χ1) is 54.0. The number of hydrogen-bond donors (Lipinski definition) is 4. The van der Waals surface area contributed by atoms with Gasteiger partial charge in [-0.2, -0.15) is 39.5 Å². The van der Waals surface area contributed by atoms with Crippen molar-refractivity contribution in [2.75, 3.05) is 79.3 Å². The van der Waals surface area contributed by atoms with Gasteiger partial charge in [0.2, 0.25) is 0 Å². The van der Waals surface area contributed by atoms with Gasteiger partial charge in [-0.25, -0.2) is 0 Å². The van der Waals surface area contributed by atoms with Gasteiger partial charge in [0.25, 0.3) is 0 Å². The molecule has 0 bridgehead atoms. The third kappa shape index (κ3) is 38.7. The summed E-state index contributed by atoms with van der Waals surface area (Å²) in [4.78, 5) is 74.5. The number of aliphatic hydroxyl groups is 4. The van der Waals surface area contributed by atoms with E-state index >= 15 is 0 Å². The molecule has 0 atom stereocenters. The molecule has 0 saturated carbocycles. The number of ether oxygens (including phenoxy) is 8. The number of hydrogen-bond acceptors (Lipinski definition) is 25. The van der Waals surface area contributed by atoms with E-state index in [2.05, 4.69) is 46.6 Å². The zero-order chi connectivity index (χ0) is 83.7. The van der Waals surface area contributed by atoms with Crippen LogP contribution in [0.5, 0.6) is 0 Å². The van der Waals surface area contributed by atoms with E-state index in [0.717, 1.165) is 44.1 Å². The molecule has 25 nitrogen and oxygen atoms in total. The molecule has 37 heteroatoms. The zero-order valence-electron chi connectivity index (χ0n) is 64.3. The van der Waals surface area contributed by atoms with Crippen LogP contribution in [-0.4, -0.2) is 154 Å². The molecule has 3 aromatic carbocycles. The Kier molecular flexibility index (Phi) is 51.0. The van der Waals surface area contributed by atoms with Crippen molar-refractivity contribution in [1.29, 1.82) is 0 Å². The Hall–Kier alpha value is -5.83. The Balaban J connectivity index is 0.000000703. The monoisotopic (exact) mass is 1880 g/mol. The summed E-state index contributed by atoms with van der Waals surface area (Å²) in [5.41, 5.74) is -6.73. The summed E-state index contributed by atoms with van der Waals surface area (Å²) in [6.07, 6.45) is 1.83. The summed E-state index contributed by atoms with van der Waals surface area (Å²) in [5.74, 6) is -2.45. The van der Waals surface area contributed by atoms with Gasteiger partial charge in [-0.1, -0.05) is 154 Å². The predicted molar refractivity (Wildman–Crippen MR) is 389 cm³/mol. The van der Waals surface area contributed by atoms with Crippen LogP contribution in [0.3, 0.4) is 0 Å². The SMILES string of the molecule is CCC(COC(=O)CCCCCCO)(COC(=O)CCCCCOCc1ccc(C2(C(F)(F)F)N=N2)cc1)COC(=O)CCCCCOCc1ccc(C2(C(F)(F)F)N=N2)cc1.CCC(COC(=O)CCCCCO)(COC(=O)CCCCCO)COC(=O)CCCCCCO.FC(F)(F)C1(c2ccc(CBr)cc2)N=N1.[Ag].[O]=[Ag]. The first-order valence-corrected chi connectivity index (χ1v) is 39.7. The van der Waals surface area contributed by atoms with E-state index in [0.29, 0.717) is 132 Å². The van der Waals surface area contributed by atoms with Gasteiger partial charge in [0.15, 0.2) is 0 Å². The summed E-state index contributed by atoms with van der Waals surface area (Å²) in [6, 6.07) is 17.6. The fourth-order valence-electron chi connectivity index (χ4n) is 10.8. The number of carbonyl (C=O) groups excluding carboxylic acids is 6. The second kappa shape index (κ2) is 55.8. The molecule has 114 heavy (non-hydrogen) atoms. The third-order valence-corrected chi connectivity index (χ3v) is 19.2. The van der Waals surface area contributed by atoms with Gasteiger partial charge in [-0.05, 0) is 107 Å². The Bertz CT molecular complexity index is 3190. The molecule has 1 radical (unpaired) electrons. The van der Waals surface area contributed by atoms with Gasteiger partial charge in [-0.3, -0.25) is 28.8 Å². The van der Waals surface area contributed by atoms with E-state index in [1.165, 1.54) is 36.4 Å². The number of halogens is 10. The molecular weight excluding hydrogens is 1780 g/mol. The average Bonchev–Trinajstić information content (AvgIpc) is 1.60. The van der Waals surface area contributed by atoms with Crippen LogP contribution in [0.4, 0.5) is 39.5 Å². The van der Waals surface area contributed by atoms with Crippen molar-refractivity contribution < 1.29 is 173 Å². The number of benzene rings is 3. The van der Waals surface area contributed by atoms with Gasteiger partial charge in [0.05, 0.1) is 24.0 Å². The number of esters is 6. The quantitative estimate of drug-likeness (QED) is 0.0102. The van der Waals surface area contributed by atoms with Gasteiger partial charge in [0.1, 0.15) is 39.6 Å². The zero-order valence-corrected chi connectivity index (χ0v) is 68.9.